The van der Waals surface area contributed by atoms with E-state index < -0.39 is 0 Å². The van der Waals surface area contributed by atoms with Crippen LogP contribution in [0.2, 0.25) is 0 Å². The van der Waals surface area contributed by atoms with Gasteiger partial charge in [0.2, 0.25) is 0 Å². The quantitative estimate of drug-likeness (QED) is 0.185. The lowest BCUT2D eigenvalue weighted by Crippen LogP contribution is -2.10. The molecule has 0 saturated carbocycles. The van der Waals surface area contributed by atoms with Gasteiger partial charge in [0.1, 0.15) is 5.58 Å². The van der Waals surface area contributed by atoms with E-state index in [0.29, 0.717) is 0 Å². The van der Waals surface area contributed by atoms with E-state index in [4.69, 9.17) is 4.42 Å². The van der Waals surface area contributed by atoms with Gasteiger partial charge in [-0.15, -0.1) is 0 Å². The standard InChI is InChI=1S/C46H31NO/c1-3-11-32(12-4-1)34-21-24-36(25-22-34)41-17-10-20-44-45(41)42-18-9-19-43(46(42)48-44)47(39-15-5-2-6-16-39)40-29-27-35(28-30-40)38-26-23-33-13-7-8-14-37(33)31-38/h1-31H. The predicted molar refractivity (Wildman–Crippen MR) is 202 cm³/mol. The Morgan fingerprint density at radius 1 is 0.375 bits per heavy atom. The van der Waals surface area contributed by atoms with Crippen molar-refractivity contribution < 1.29 is 4.42 Å². The van der Waals surface area contributed by atoms with Gasteiger partial charge in [0.25, 0.3) is 0 Å². The zero-order chi connectivity index (χ0) is 31.9. The summed E-state index contributed by atoms with van der Waals surface area (Å²) in [6.07, 6.45) is 0. The first-order valence-electron chi connectivity index (χ1n) is 16.3. The van der Waals surface area contributed by atoms with Crippen LogP contribution in [0.4, 0.5) is 17.1 Å². The molecule has 0 bridgehead atoms. The molecule has 1 aromatic heterocycles. The first kappa shape index (κ1) is 27.9. The fourth-order valence-corrected chi connectivity index (χ4v) is 6.90. The first-order chi connectivity index (χ1) is 23.8. The Kier molecular flexibility index (Phi) is 6.84. The van der Waals surface area contributed by atoms with E-state index in [0.717, 1.165) is 50.1 Å². The van der Waals surface area contributed by atoms with Crippen LogP contribution in [-0.2, 0) is 0 Å². The second kappa shape index (κ2) is 11.8. The molecule has 0 aliphatic rings. The molecule has 0 unspecified atom stereocenters. The van der Waals surface area contributed by atoms with E-state index in [9.17, 15) is 0 Å². The molecule has 226 valence electrons. The van der Waals surface area contributed by atoms with Crippen molar-refractivity contribution in [2.75, 3.05) is 4.90 Å². The van der Waals surface area contributed by atoms with E-state index >= 15 is 0 Å². The molecule has 0 spiro atoms. The molecule has 1 heterocycles. The van der Waals surface area contributed by atoms with Crippen LogP contribution < -0.4 is 4.90 Å². The third-order valence-electron chi connectivity index (χ3n) is 9.27. The first-order valence-corrected chi connectivity index (χ1v) is 16.3. The van der Waals surface area contributed by atoms with Crippen molar-refractivity contribution in [3.63, 3.8) is 0 Å². The second-order valence-electron chi connectivity index (χ2n) is 12.2. The number of para-hydroxylation sites is 2. The maximum Gasteiger partial charge on any atom is 0.159 e. The van der Waals surface area contributed by atoms with Gasteiger partial charge >= 0.3 is 0 Å². The van der Waals surface area contributed by atoms with Crippen molar-refractivity contribution in [3.05, 3.63) is 188 Å². The number of furan rings is 1. The minimum atomic E-state index is 0.864. The predicted octanol–water partition coefficient (Wildman–Crippen LogP) is 13.2. The molecule has 0 saturated heterocycles. The van der Waals surface area contributed by atoms with Crippen LogP contribution in [0, 0.1) is 0 Å². The van der Waals surface area contributed by atoms with Crippen LogP contribution in [-0.4, -0.2) is 0 Å². The summed E-state index contributed by atoms with van der Waals surface area (Å²) in [5.41, 5.74) is 12.0. The third kappa shape index (κ3) is 4.92. The van der Waals surface area contributed by atoms with Crippen LogP contribution in [0.25, 0.3) is 66.1 Å². The molecule has 0 N–H and O–H groups in total. The fourth-order valence-electron chi connectivity index (χ4n) is 6.90. The Morgan fingerprint density at radius 2 is 0.958 bits per heavy atom. The van der Waals surface area contributed by atoms with Gasteiger partial charge in [0.05, 0.1) is 5.69 Å². The number of nitrogens with zero attached hydrogens (tertiary/aromatic N) is 1. The summed E-state index contributed by atoms with van der Waals surface area (Å²) in [6, 6.07) is 66.7. The molecule has 0 aliphatic carbocycles. The normalized spacial score (nSPS) is 11.3. The van der Waals surface area contributed by atoms with Gasteiger partial charge in [-0.1, -0.05) is 146 Å². The number of anilines is 3. The molecular weight excluding hydrogens is 583 g/mol. The van der Waals surface area contributed by atoms with Crippen molar-refractivity contribution in [2.24, 2.45) is 0 Å². The lowest BCUT2D eigenvalue weighted by atomic mass is 9.97. The summed E-state index contributed by atoms with van der Waals surface area (Å²) in [5, 5.41) is 4.72. The monoisotopic (exact) mass is 613 g/mol. The lowest BCUT2D eigenvalue weighted by molar-refractivity contribution is 0.669. The van der Waals surface area contributed by atoms with E-state index in [1.807, 2.05) is 0 Å². The molecule has 0 amide bonds. The van der Waals surface area contributed by atoms with Gasteiger partial charge in [0.15, 0.2) is 5.58 Å². The van der Waals surface area contributed by atoms with Crippen LogP contribution in [0.3, 0.4) is 0 Å². The maximum absolute atomic E-state index is 6.76. The minimum absolute atomic E-state index is 0.864. The number of fused-ring (bicyclic) bond motifs is 4. The SMILES string of the molecule is c1ccc(-c2ccc(-c3cccc4oc5c(N(c6ccccc6)c6ccc(-c7ccc8ccccc8c7)cc6)cccc5c34)cc2)cc1. The summed E-state index contributed by atoms with van der Waals surface area (Å²) in [5.74, 6) is 0. The number of hydrogen-bond donors (Lipinski definition) is 0. The van der Waals surface area contributed by atoms with E-state index in [-0.39, 0.29) is 0 Å². The van der Waals surface area contributed by atoms with Crippen LogP contribution in [0.1, 0.15) is 0 Å². The largest absolute Gasteiger partial charge is 0.454 e. The number of benzene rings is 8. The van der Waals surface area contributed by atoms with Gasteiger partial charge in [-0.25, -0.2) is 0 Å². The molecule has 0 radical (unpaired) electrons. The Morgan fingerprint density at radius 3 is 1.75 bits per heavy atom. The molecule has 0 atom stereocenters. The van der Waals surface area contributed by atoms with Gasteiger partial charge in [0, 0.05) is 22.1 Å². The summed E-state index contributed by atoms with van der Waals surface area (Å²) < 4.78 is 6.76. The molecule has 0 aliphatic heterocycles. The number of rotatable bonds is 6. The summed E-state index contributed by atoms with van der Waals surface area (Å²) in [7, 11) is 0. The molecule has 2 nitrogen and oxygen atoms in total. The highest BCUT2D eigenvalue weighted by Gasteiger charge is 2.21. The number of hydrogen-bond acceptors (Lipinski definition) is 2. The Hall–Kier alpha value is -6.38. The summed E-state index contributed by atoms with van der Waals surface area (Å²) in [4.78, 5) is 2.29. The highest BCUT2D eigenvalue weighted by atomic mass is 16.3. The molecule has 8 aromatic carbocycles. The van der Waals surface area contributed by atoms with E-state index in [2.05, 4.69) is 193 Å². The van der Waals surface area contributed by atoms with E-state index in [1.54, 1.807) is 0 Å². The van der Waals surface area contributed by atoms with Crippen molar-refractivity contribution in [1.82, 2.24) is 0 Å². The van der Waals surface area contributed by atoms with Crippen molar-refractivity contribution >= 4 is 49.8 Å². The molecular formula is C46H31NO. The minimum Gasteiger partial charge on any atom is -0.454 e. The maximum atomic E-state index is 6.76. The van der Waals surface area contributed by atoms with Gasteiger partial charge < -0.3 is 9.32 Å². The zero-order valence-electron chi connectivity index (χ0n) is 26.3. The Labute approximate surface area is 279 Å². The van der Waals surface area contributed by atoms with Crippen LogP contribution >= 0.6 is 0 Å². The average Bonchev–Trinajstić information content (AvgIpc) is 3.56. The van der Waals surface area contributed by atoms with Crippen molar-refractivity contribution in [3.8, 4) is 33.4 Å². The highest BCUT2D eigenvalue weighted by Crippen LogP contribution is 2.44. The van der Waals surface area contributed by atoms with Crippen molar-refractivity contribution in [1.29, 1.82) is 0 Å². The average molecular weight is 614 g/mol. The van der Waals surface area contributed by atoms with Gasteiger partial charge in [-0.3, -0.25) is 0 Å². The fraction of sp³-hybridized carbons (Fsp3) is 0. The zero-order valence-corrected chi connectivity index (χ0v) is 26.3. The lowest BCUT2D eigenvalue weighted by Gasteiger charge is -2.25. The summed E-state index contributed by atoms with van der Waals surface area (Å²) in [6.45, 7) is 0. The smallest absolute Gasteiger partial charge is 0.159 e. The van der Waals surface area contributed by atoms with E-state index in [1.165, 1.54) is 33.0 Å². The van der Waals surface area contributed by atoms with Gasteiger partial charge in [-0.2, -0.15) is 0 Å². The Balaban J connectivity index is 1.15. The summed E-state index contributed by atoms with van der Waals surface area (Å²) >= 11 is 0. The van der Waals surface area contributed by atoms with Crippen molar-refractivity contribution in [2.45, 2.75) is 0 Å². The molecule has 2 heteroatoms. The van der Waals surface area contributed by atoms with Crippen LogP contribution in [0.15, 0.2) is 192 Å². The van der Waals surface area contributed by atoms with Gasteiger partial charge in [-0.05, 0) is 86.6 Å². The second-order valence-corrected chi connectivity index (χ2v) is 12.2. The topological polar surface area (TPSA) is 16.4 Å². The molecule has 0 fully saturated rings. The molecule has 9 aromatic rings. The molecule has 9 rings (SSSR count). The highest BCUT2D eigenvalue weighted by molar-refractivity contribution is 6.15. The Bertz CT molecular complexity index is 2530. The third-order valence-corrected chi connectivity index (χ3v) is 9.27. The van der Waals surface area contributed by atoms with Crippen LogP contribution in [0.5, 0.6) is 0 Å². The molecule has 48 heavy (non-hydrogen) atoms.